The molecule has 1 aliphatic rings. The standard InChI is InChI=1S/C16H19N3O2S/c1-2-9-19-11-13-5-3-7-16(15(13)12-19)18-22(20,21)14-6-4-8-17-10-14/h3-8,10,18H,2,9,11-12H2,1H3. The fourth-order valence-corrected chi connectivity index (χ4v) is 3.83. The first-order chi connectivity index (χ1) is 10.6. The Balaban J connectivity index is 1.88. The Morgan fingerprint density at radius 3 is 2.82 bits per heavy atom. The summed E-state index contributed by atoms with van der Waals surface area (Å²) in [5.41, 5.74) is 2.93. The van der Waals surface area contributed by atoms with Crippen molar-refractivity contribution in [2.75, 3.05) is 11.3 Å². The Kier molecular flexibility index (Phi) is 4.13. The number of fused-ring (bicyclic) bond motifs is 1. The number of sulfonamides is 1. The zero-order valence-electron chi connectivity index (χ0n) is 12.5. The zero-order valence-corrected chi connectivity index (χ0v) is 13.3. The fourth-order valence-electron chi connectivity index (χ4n) is 2.77. The van der Waals surface area contributed by atoms with E-state index in [1.165, 1.54) is 11.8 Å². The molecule has 5 nitrogen and oxygen atoms in total. The highest BCUT2D eigenvalue weighted by atomic mass is 32.2. The number of rotatable bonds is 5. The van der Waals surface area contributed by atoms with Crippen LogP contribution in [0.5, 0.6) is 0 Å². The van der Waals surface area contributed by atoms with E-state index >= 15 is 0 Å². The second kappa shape index (κ2) is 6.06. The Morgan fingerprint density at radius 2 is 2.09 bits per heavy atom. The van der Waals surface area contributed by atoms with Gasteiger partial charge < -0.3 is 0 Å². The molecule has 2 heterocycles. The topological polar surface area (TPSA) is 62.3 Å². The molecule has 0 bridgehead atoms. The van der Waals surface area contributed by atoms with Gasteiger partial charge in [-0.2, -0.15) is 0 Å². The number of hydrogen-bond donors (Lipinski definition) is 1. The van der Waals surface area contributed by atoms with Crippen molar-refractivity contribution in [3.8, 4) is 0 Å². The molecule has 1 N–H and O–H groups in total. The van der Waals surface area contributed by atoms with Crippen molar-refractivity contribution in [2.24, 2.45) is 0 Å². The van der Waals surface area contributed by atoms with Crippen molar-refractivity contribution in [3.63, 3.8) is 0 Å². The van der Waals surface area contributed by atoms with Crippen molar-refractivity contribution in [2.45, 2.75) is 31.3 Å². The monoisotopic (exact) mass is 317 g/mol. The van der Waals surface area contributed by atoms with Crippen molar-refractivity contribution in [1.29, 1.82) is 0 Å². The van der Waals surface area contributed by atoms with Gasteiger partial charge in [0.1, 0.15) is 4.90 Å². The lowest BCUT2D eigenvalue weighted by Gasteiger charge is -2.13. The van der Waals surface area contributed by atoms with E-state index in [0.29, 0.717) is 5.69 Å². The third kappa shape index (κ3) is 2.98. The van der Waals surface area contributed by atoms with Gasteiger partial charge >= 0.3 is 0 Å². The number of nitrogens with zero attached hydrogens (tertiary/aromatic N) is 2. The molecule has 0 aliphatic carbocycles. The molecule has 1 aliphatic heterocycles. The molecule has 0 radical (unpaired) electrons. The molecule has 1 aromatic carbocycles. The van der Waals surface area contributed by atoms with E-state index in [2.05, 4.69) is 27.6 Å². The van der Waals surface area contributed by atoms with E-state index in [1.54, 1.807) is 18.3 Å². The molecular weight excluding hydrogens is 298 g/mol. The van der Waals surface area contributed by atoms with Gasteiger partial charge in [0.15, 0.2) is 0 Å². The third-order valence-corrected chi connectivity index (χ3v) is 5.13. The normalized spacial score (nSPS) is 14.8. The number of benzene rings is 1. The molecule has 0 amide bonds. The van der Waals surface area contributed by atoms with E-state index in [1.807, 2.05) is 12.1 Å². The van der Waals surface area contributed by atoms with E-state index in [9.17, 15) is 8.42 Å². The quantitative estimate of drug-likeness (QED) is 0.921. The van der Waals surface area contributed by atoms with Gasteiger partial charge in [-0.05, 0) is 42.3 Å². The van der Waals surface area contributed by atoms with Crippen molar-refractivity contribution in [1.82, 2.24) is 9.88 Å². The predicted octanol–water partition coefficient (Wildman–Crippen LogP) is 2.61. The van der Waals surface area contributed by atoms with Crippen LogP contribution >= 0.6 is 0 Å². The molecule has 0 fully saturated rings. The Labute approximate surface area is 131 Å². The molecular formula is C16H19N3O2S. The minimum atomic E-state index is -3.60. The van der Waals surface area contributed by atoms with Gasteiger partial charge in [0.2, 0.25) is 0 Å². The predicted molar refractivity (Wildman–Crippen MR) is 85.9 cm³/mol. The van der Waals surface area contributed by atoms with Gasteiger partial charge in [-0.3, -0.25) is 14.6 Å². The maximum atomic E-state index is 12.4. The van der Waals surface area contributed by atoms with E-state index in [0.717, 1.165) is 31.6 Å². The largest absolute Gasteiger partial charge is 0.295 e. The first-order valence-corrected chi connectivity index (χ1v) is 8.84. The number of aromatic nitrogens is 1. The highest BCUT2D eigenvalue weighted by Gasteiger charge is 2.23. The maximum absolute atomic E-state index is 12.4. The molecule has 0 atom stereocenters. The summed E-state index contributed by atoms with van der Waals surface area (Å²) in [6.45, 7) is 4.83. The van der Waals surface area contributed by atoms with Crippen LogP contribution in [-0.4, -0.2) is 24.8 Å². The van der Waals surface area contributed by atoms with Crippen LogP contribution in [-0.2, 0) is 23.1 Å². The number of anilines is 1. The van der Waals surface area contributed by atoms with E-state index < -0.39 is 10.0 Å². The number of nitrogens with one attached hydrogen (secondary N) is 1. The summed E-state index contributed by atoms with van der Waals surface area (Å²) in [5.74, 6) is 0. The minimum absolute atomic E-state index is 0.177. The summed E-state index contributed by atoms with van der Waals surface area (Å²) < 4.78 is 27.6. The van der Waals surface area contributed by atoms with Gasteiger partial charge in [0.05, 0.1) is 5.69 Å². The first-order valence-electron chi connectivity index (χ1n) is 7.36. The Morgan fingerprint density at radius 1 is 1.23 bits per heavy atom. The van der Waals surface area contributed by atoms with Crippen molar-refractivity contribution >= 4 is 15.7 Å². The number of hydrogen-bond acceptors (Lipinski definition) is 4. The molecule has 2 aromatic rings. The summed E-state index contributed by atoms with van der Waals surface area (Å²) in [5, 5.41) is 0. The smallest absolute Gasteiger partial charge is 0.263 e. The molecule has 3 rings (SSSR count). The average Bonchev–Trinajstić information content (AvgIpc) is 2.92. The van der Waals surface area contributed by atoms with E-state index in [-0.39, 0.29) is 4.90 Å². The van der Waals surface area contributed by atoms with Gasteiger partial charge in [0.25, 0.3) is 10.0 Å². The Bertz CT molecular complexity index is 760. The molecule has 0 spiro atoms. The van der Waals surface area contributed by atoms with Crippen molar-refractivity contribution in [3.05, 3.63) is 53.9 Å². The van der Waals surface area contributed by atoms with Crippen LogP contribution in [0.3, 0.4) is 0 Å². The van der Waals surface area contributed by atoms with Crippen LogP contribution in [0.4, 0.5) is 5.69 Å². The lowest BCUT2D eigenvalue weighted by atomic mass is 10.1. The lowest BCUT2D eigenvalue weighted by molar-refractivity contribution is 0.285. The SMILES string of the molecule is CCCN1Cc2cccc(NS(=O)(=O)c3cccnc3)c2C1. The molecule has 0 unspecified atom stereocenters. The molecule has 0 saturated heterocycles. The van der Waals surface area contributed by atoms with Gasteiger partial charge in [-0.1, -0.05) is 19.1 Å². The van der Waals surface area contributed by atoms with Gasteiger partial charge in [-0.15, -0.1) is 0 Å². The zero-order chi connectivity index (χ0) is 15.6. The second-order valence-electron chi connectivity index (χ2n) is 5.45. The van der Waals surface area contributed by atoms with Crippen LogP contribution < -0.4 is 4.72 Å². The molecule has 22 heavy (non-hydrogen) atoms. The summed E-state index contributed by atoms with van der Waals surface area (Å²) in [6.07, 6.45) is 4.00. The van der Waals surface area contributed by atoms with Crippen LogP contribution in [0.2, 0.25) is 0 Å². The highest BCUT2D eigenvalue weighted by molar-refractivity contribution is 7.92. The average molecular weight is 317 g/mol. The maximum Gasteiger partial charge on any atom is 0.263 e. The summed E-state index contributed by atoms with van der Waals surface area (Å²) in [4.78, 5) is 6.38. The summed E-state index contributed by atoms with van der Waals surface area (Å²) in [7, 11) is -3.60. The lowest BCUT2D eigenvalue weighted by Crippen LogP contribution is -2.17. The minimum Gasteiger partial charge on any atom is -0.295 e. The van der Waals surface area contributed by atoms with Crippen LogP contribution in [0.1, 0.15) is 24.5 Å². The molecule has 116 valence electrons. The second-order valence-corrected chi connectivity index (χ2v) is 7.13. The van der Waals surface area contributed by atoms with Crippen molar-refractivity contribution < 1.29 is 8.42 Å². The van der Waals surface area contributed by atoms with Crippen LogP contribution in [0, 0.1) is 0 Å². The fraction of sp³-hybridized carbons (Fsp3) is 0.312. The molecule has 1 aromatic heterocycles. The molecule has 0 saturated carbocycles. The van der Waals surface area contributed by atoms with Crippen LogP contribution in [0.25, 0.3) is 0 Å². The van der Waals surface area contributed by atoms with Gasteiger partial charge in [-0.25, -0.2) is 8.42 Å². The van der Waals surface area contributed by atoms with Crippen LogP contribution in [0.15, 0.2) is 47.6 Å². The highest BCUT2D eigenvalue weighted by Crippen LogP contribution is 2.30. The van der Waals surface area contributed by atoms with E-state index in [4.69, 9.17) is 0 Å². The first kappa shape index (κ1) is 15.0. The molecule has 6 heteroatoms. The summed E-state index contributed by atoms with van der Waals surface area (Å²) >= 11 is 0. The third-order valence-electron chi connectivity index (χ3n) is 3.78. The summed E-state index contributed by atoms with van der Waals surface area (Å²) in [6, 6.07) is 8.94. The number of pyridine rings is 1. The van der Waals surface area contributed by atoms with Gasteiger partial charge in [0, 0.05) is 25.5 Å². The Hall–Kier alpha value is -1.92.